The van der Waals surface area contributed by atoms with Crippen LogP contribution in [0, 0.1) is 6.92 Å². The van der Waals surface area contributed by atoms with E-state index in [1.165, 1.54) is 33.5 Å². The first-order valence-corrected chi connectivity index (χ1v) is 12.5. The van der Waals surface area contributed by atoms with Crippen molar-refractivity contribution in [3.05, 3.63) is 132 Å². The van der Waals surface area contributed by atoms with Crippen molar-refractivity contribution in [3.63, 3.8) is 0 Å². The lowest BCUT2D eigenvalue weighted by Crippen LogP contribution is -2.17. The zero-order valence-corrected chi connectivity index (χ0v) is 21.0. The van der Waals surface area contributed by atoms with Crippen LogP contribution in [0.15, 0.2) is 115 Å². The Kier molecular flexibility index (Phi) is 5.34. The van der Waals surface area contributed by atoms with Crippen molar-refractivity contribution in [3.8, 4) is 22.3 Å². The fraction of sp³-hybridized carbons (Fsp3) is 0.118. The van der Waals surface area contributed by atoms with E-state index in [0.29, 0.717) is 0 Å². The molecule has 2 radical (unpaired) electrons. The Morgan fingerprint density at radius 2 is 1.28 bits per heavy atom. The summed E-state index contributed by atoms with van der Waals surface area (Å²) >= 11 is 0. The van der Waals surface area contributed by atoms with Gasteiger partial charge in [0.15, 0.2) is 0 Å². The average Bonchev–Trinajstić information content (AvgIpc) is 3.11. The molecule has 1 aliphatic rings. The smallest absolute Gasteiger partial charge is 0.113 e. The first-order valence-electron chi connectivity index (χ1n) is 12.5. The van der Waals surface area contributed by atoms with Crippen LogP contribution >= 0.6 is 0 Å². The summed E-state index contributed by atoms with van der Waals surface area (Å²) in [5.41, 5.74) is 13.2. The topological polar surface area (TPSA) is 3.24 Å². The standard InChI is InChI=1S/C34H28BN/c1-23-20-30-29-14-7-8-15-31(29)34(2,3)32(30)22-33(23)36(27-12-5-4-6-13-27)28-18-16-24(17-19-28)25-10-9-11-26(35)21-25/h4-22H,1-3H3. The monoisotopic (exact) mass is 461 g/mol. The van der Waals surface area contributed by atoms with E-state index in [1.807, 2.05) is 18.2 Å². The van der Waals surface area contributed by atoms with Crippen LogP contribution in [-0.2, 0) is 5.41 Å². The van der Waals surface area contributed by atoms with E-state index in [-0.39, 0.29) is 5.41 Å². The molecule has 5 aromatic carbocycles. The third-order valence-corrected chi connectivity index (χ3v) is 7.50. The molecule has 1 aliphatic carbocycles. The fourth-order valence-electron chi connectivity index (χ4n) is 5.61. The predicted octanol–water partition coefficient (Wildman–Crippen LogP) is 8.23. The van der Waals surface area contributed by atoms with Gasteiger partial charge in [-0.05, 0) is 82.3 Å². The van der Waals surface area contributed by atoms with Gasteiger partial charge in [0.05, 0.1) is 0 Å². The summed E-state index contributed by atoms with van der Waals surface area (Å²) in [5, 5.41) is 0. The number of hydrogen-bond acceptors (Lipinski definition) is 1. The Labute approximate surface area is 215 Å². The van der Waals surface area contributed by atoms with Crippen LogP contribution in [-0.4, -0.2) is 7.85 Å². The Morgan fingerprint density at radius 3 is 2.03 bits per heavy atom. The highest BCUT2D eigenvalue weighted by Gasteiger charge is 2.36. The quantitative estimate of drug-likeness (QED) is 0.244. The summed E-state index contributed by atoms with van der Waals surface area (Å²) in [6, 6.07) is 41.1. The molecule has 0 fully saturated rings. The normalized spacial score (nSPS) is 13.2. The number of aryl methyl sites for hydroxylation is 1. The van der Waals surface area contributed by atoms with Gasteiger partial charge in [-0.3, -0.25) is 0 Å². The van der Waals surface area contributed by atoms with Crippen LogP contribution in [0.25, 0.3) is 22.3 Å². The number of nitrogens with zero attached hydrogens (tertiary/aromatic N) is 1. The number of rotatable bonds is 4. The van der Waals surface area contributed by atoms with Crippen LogP contribution in [0.3, 0.4) is 0 Å². The summed E-state index contributed by atoms with van der Waals surface area (Å²) in [5.74, 6) is 0. The van der Waals surface area contributed by atoms with Crippen LogP contribution in [0.5, 0.6) is 0 Å². The fourth-order valence-corrected chi connectivity index (χ4v) is 5.61. The number of hydrogen-bond donors (Lipinski definition) is 0. The van der Waals surface area contributed by atoms with E-state index in [0.717, 1.165) is 28.0 Å². The molecule has 5 aromatic rings. The second-order valence-corrected chi connectivity index (χ2v) is 10.2. The summed E-state index contributed by atoms with van der Waals surface area (Å²) in [6.07, 6.45) is 0. The Morgan fingerprint density at radius 1 is 0.583 bits per heavy atom. The van der Waals surface area contributed by atoms with Gasteiger partial charge in [0.25, 0.3) is 0 Å². The number of para-hydroxylation sites is 1. The van der Waals surface area contributed by atoms with Crippen molar-refractivity contribution in [2.45, 2.75) is 26.2 Å². The lowest BCUT2D eigenvalue weighted by Gasteiger charge is -2.29. The molecule has 0 unspecified atom stereocenters. The second-order valence-electron chi connectivity index (χ2n) is 10.2. The van der Waals surface area contributed by atoms with Gasteiger partial charge in [-0.15, -0.1) is 0 Å². The molecule has 0 N–H and O–H groups in total. The number of anilines is 3. The molecule has 2 heteroatoms. The summed E-state index contributed by atoms with van der Waals surface area (Å²) in [7, 11) is 6.03. The predicted molar refractivity (Wildman–Crippen MR) is 154 cm³/mol. The molecule has 172 valence electrons. The molecule has 1 nitrogen and oxygen atoms in total. The molecule has 0 atom stereocenters. The third-order valence-electron chi connectivity index (χ3n) is 7.50. The first-order chi connectivity index (χ1) is 17.4. The van der Waals surface area contributed by atoms with Gasteiger partial charge in [0, 0.05) is 22.5 Å². The molecule has 6 rings (SSSR count). The van der Waals surface area contributed by atoms with Crippen LogP contribution < -0.4 is 10.4 Å². The molecule has 0 aromatic heterocycles. The Hall–Kier alpha value is -4.04. The summed E-state index contributed by atoms with van der Waals surface area (Å²) < 4.78 is 0. The molecular formula is C34H28BN. The molecule has 0 saturated carbocycles. The van der Waals surface area contributed by atoms with E-state index < -0.39 is 0 Å². The van der Waals surface area contributed by atoms with Crippen molar-refractivity contribution in [1.29, 1.82) is 0 Å². The highest BCUT2D eigenvalue weighted by Crippen LogP contribution is 2.51. The minimum atomic E-state index is -0.0478. The lowest BCUT2D eigenvalue weighted by atomic mass is 9.82. The maximum Gasteiger partial charge on any atom is 0.113 e. The maximum absolute atomic E-state index is 6.03. The van der Waals surface area contributed by atoms with Crippen LogP contribution in [0.1, 0.15) is 30.5 Å². The van der Waals surface area contributed by atoms with Gasteiger partial charge < -0.3 is 4.90 Å². The van der Waals surface area contributed by atoms with E-state index in [9.17, 15) is 0 Å². The van der Waals surface area contributed by atoms with Crippen molar-refractivity contribution in [2.24, 2.45) is 0 Å². The van der Waals surface area contributed by atoms with Gasteiger partial charge >= 0.3 is 0 Å². The zero-order valence-electron chi connectivity index (χ0n) is 21.0. The molecule has 0 aliphatic heterocycles. The number of benzene rings is 5. The summed E-state index contributed by atoms with van der Waals surface area (Å²) in [4.78, 5) is 2.37. The van der Waals surface area contributed by atoms with Gasteiger partial charge in [0.2, 0.25) is 0 Å². The third kappa shape index (κ3) is 3.65. The number of fused-ring (bicyclic) bond motifs is 3. The van der Waals surface area contributed by atoms with Gasteiger partial charge in [-0.2, -0.15) is 0 Å². The largest absolute Gasteiger partial charge is 0.310 e. The van der Waals surface area contributed by atoms with Gasteiger partial charge in [-0.25, -0.2) is 0 Å². The van der Waals surface area contributed by atoms with E-state index >= 15 is 0 Å². The van der Waals surface area contributed by atoms with Crippen molar-refractivity contribution in [2.75, 3.05) is 4.90 Å². The van der Waals surface area contributed by atoms with Crippen LogP contribution in [0.4, 0.5) is 17.1 Å². The minimum Gasteiger partial charge on any atom is -0.310 e. The average molecular weight is 461 g/mol. The maximum atomic E-state index is 6.03. The molecule has 0 spiro atoms. The van der Waals surface area contributed by atoms with Gasteiger partial charge in [0.1, 0.15) is 7.85 Å². The SMILES string of the molecule is [B]c1cccc(-c2ccc(N(c3ccccc3)c3cc4c(cc3C)-c3ccccc3C4(C)C)cc2)c1. The molecule has 0 bridgehead atoms. The van der Waals surface area contributed by atoms with Gasteiger partial charge in [-0.1, -0.05) is 98.2 Å². The minimum absolute atomic E-state index is 0.0478. The second kappa shape index (κ2) is 8.57. The van der Waals surface area contributed by atoms with Crippen molar-refractivity contribution < 1.29 is 0 Å². The highest BCUT2D eigenvalue weighted by atomic mass is 15.1. The van der Waals surface area contributed by atoms with E-state index in [1.54, 1.807) is 0 Å². The highest BCUT2D eigenvalue weighted by molar-refractivity contribution is 6.32. The lowest BCUT2D eigenvalue weighted by molar-refractivity contribution is 0.660. The molecule has 0 heterocycles. The van der Waals surface area contributed by atoms with Crippen LogP contribution in [0.2, 0.25) is 0 Å². The van der Waals surface area contributed by atoms with Crippen molar-refractivity contribution >= 4 is 30.4 Å². The molecular weight excluding hydrogens is 433 g/mol. The van der Waals surface area contributed by atoms with E-state index in [2.05, 4.69) is 123 Å². The molecule has 0 saturated heterocycles. The molecule has 0 amide bonds. The zero-order chi connectivity index (χ0) is 24.9. The summed E-state index contributed by atoms with van der Waals surface area (Å²) in [6.45, 7) is 6.90. The first kappa shape index (κ1) is 22.4. The Balaban J connectivity index is 1.50. The Bertz CT molecular complexity index is 1570. The van der Waals surface area contributed by atoms with Crippen molar-refractivity contribution in [1.82, 2.24) is 0 Å². The molecule has 36 heavy (non-hydrogen) atoms. The van der Waals surface area contributed by atoms with E-state index in [4.69, 9.17) is 7.85 Å².